The zero-order chi connectivity index (χ0) is 15.9. The van der Waals surface area contributed by atoms with Crippen LogP contribution in [0.3, 0.4) is 0 Å². The summed E-state index contributed by atoms with van der Waals surface area (Å²) in [7, 11) is 0. The van der Waals surface area contributed by atoms with E-state index in [-0.39, 0.29) is 17.2 Å². The van der Waals surface area contributed by atoms with Crippen molar-refractivity contribution in [3.05, 3.63) is 40.8 Å². The van der Waals surface area contributed by atoms with Crippen LogP contribution in [0.25, 0.3) is 5.70 Å². The number of hydrogen-bond acceptors (Lipinski definition) is 6. The number of nitrogens with two attached hydrogens (primary N) is 1. The number of aryl methyl sites for hydroxylation is 1. The number of rotatable bonds is 2. The van der Waals surface area contributed by atoms with Gasteiger partial charge >= 0.3 is 6.18 Å². The van der Waals surface area contributed by atoms with Crippen LogP contribution in [-0.4, -0.2) is 31.8 Å². The van der Waals surface area contributed by atoms with Gasteiger partial charge in [-0.2, -0.15) is 18.3 Å². The molecule has 1 aliphatic rings. The molecule has 3 N–H and O–H groups in total. The Balaban J connectivity index is 2.17. The Bertz CT molecular complexity index is 712. The summed E-state index contributed by atoms with van der Waals surface area (Å²) < 4.78 is 39.9. The lowest BCUT2D eigenvalue weighted by atomic mass is 10.2. The monoisotopic (exact) mass is 328 g/mol. The van der Waals surface area contributed by atoms with E-state index < -0.39 is 16.6 Å². The maximum absolute atomic E-state index is 13.3. The van der Waals surface area contributed by atoms with E-state index in [1.165, 1.54) is 23.5 Å². The van der Waals surface area contributed by atoms with Crippen molar-refractivity contribution in [1.29, 1.82) is 0 Å². The molecule has 0 radical (unpaired) electrons. The molecule has 0 fully saturated rings. The van der Waals surface area contributed by atoms with Crippen molar-refractivity contribution in [3.63, 3.8) is 0 Å². The molecular formula is C12H11F3N6S. The quantitative estimate of drug-likeness (QED) is 0.879. The largest absolute Gasteiger partial charge is 0.424 e. The van der Waals surface area contributed by atoms with Crippen LogP contribution in [-0.2, 0) is 0 Å². The molecule has 1 unspecified atom stereocenters. The number of H-pyrrole nitrogens is 1. The number of aromatic nitrogens is 4. The lowest BCUT2D eigenvalue weighted by Crippen LogP contribution is -2.35. The van der Waals surface area contributed by atoms with E-state index >= 15 is 0 Å². The van der Waals surface area contributed by atoms with Gasteiger partial charge in [-0.15, -0.1) is 0 Å². The second-order valence-electron chi connectivity index (χ2n) is 4.54. The van der Waals surface area contributed by atoms with Gasteiger partial charge in [-0.3, -0.25) is 10.00 Å². The van der Waals surface area contributed by atoms with Gasteiger partial charge in [0.2, 0.25) is 5.95 Å². The number of aromatic amines is 1. The average Bonchev–Trinajstić information content (AvgIpc) is 3.04. The molecular weight excluding hydrogens is 317 g/mol. The van der Waals surface area contributed by atoms with E-state index in [4.69, 9.17) is 5.73 Å². The highest BCUT2D eigenvalue weighted by Gasteiger charge is 2.47. The molecule has 0 amide bonds. The predicted molar refractivity (Wildman–Crippen MR) is 76.4 cm³/mol. The highest BCUT2D eigenvalue weighted by atomic mass is 32.2. The van der Waals surface area contributed by atoms with E-state index in [9.17, 15) is 13.2 Å². The van der Waals surface area contributed by atoms with E-state index in [0.29, 0.717) is 17.5 Å². The molecule has 6 nitrogen and oxygen atoms in total. The minimum atomic E-state index is -4.52. The fraction of sp³-hybridized carbons (Fsp3) is 0.250. The van der Waals surface area contributed by atoms with Crippen LogP contribution in [0.2, 0.25) is 0 Å². The third-order valence-electron chi connectivity index (χ3n) is 2.98. The fourth-order valence-electron chi connectivity index (χ4n) is 2.08. The standard InChI is InChI=1S/C12H11F3N6S/c1-6-2-3-17-11(20-6)21-8(7-4-18-19-5-7)9(12(13,14)15)22-10(21)16/h2-5,10H,16H2,1H3,(H,18,19). The van der Waals surface area contributed by atoms with Gasteiger partial charge in [0.05, 0.1) is 11.9 Å². The van der Waals surface area contributed by atoms with Crippen LogP contribution >= 0.6 is 11.8 Å². The molecule has 0 aromatic carbocycles. The van der Waals surface area contributed by atoms with Gasteiger partial charge in [0.25, 0.3) is 0 Å². The van der Waals surface area contributed by atoms with Crippen molar-refractivity contribution in [2.24, 2.45) is 5.73 Å². The van der Waals surface area contributed by atoms with Gasteiger partial charge < -0.3 is 5.73 Å². The van der Waals surface area contributed by atoms with Crippen molar-refractivity contribution in [3.8, 4) is 0 Å². The minimum absolute atomic E-state index is 0.0932. The van der Waals surface area contributed by atoms with Gasteiger partial charge in [-0.05, 0) is 13.0 Å². The summed E-state index contributed by atoms with van der Waals surface area (Å²) in [5, 5.41) is 6.22. The Morgan fingerprint density at radius 3 is 2.77 bits per heavy atom. The Morgan fingerprint density at radius 2 is 2.18 bits per heavy atom. The molecule has 3 rings (SSSR count). The molecule has 0 aliphatic carbocycles. The summed E-state index contributed by atoms with van der Waals surface area (Å²) in [6.45, 7) is 1.73. The number of halogens is 3. The molecule has 1 atom stereocenters. The summed E-state index contributed by atoms with van der Waals surface area (Å²) in [4.78, 5) is 8.69. The first kappa shape index (κ1) is 14.9. The average molecular weight is 328 g/mol. The first-order valence-corrected chi connectivity index (χ1v) is 7.07. The third-order valence-corrected chi connectivity index (χ3v) is 4.09. The SMILES string of the molecule is Cc1ccnc(N2C(c3cn[nH]c3)=C(C(F)(F)F)SC2N)n1. The maximum atomic E-state index is 13.3. The summed E-state index contributed by atoms with van der Waals surface area (Å²) in [5.41, 5.74) is 5.73. The Hall–Kier alpha value is -2.07. The molecule has 2 aromatic rings. The maximum Gasteiger partial charge on any atom is 0.424 e. The second-order valence-corrected chi connectivity index (χ2v) is 5.67. The molecule has 1 aliphatic heterocycles. The molecule has 0 saturated heterocycles. The summed E-state index contributed by atoms with van der Waals surface area (Å²) in [5.74, 6) is 0.121. The smallest absolute Gasteiger partial charge is 0.302 e. The molecule has 22 heavy (non-hydrogen) atoms. The third kappa shape index (κ3) is 2.55. The van der Waals surface area contributed by atoms with E-state index in [0.717, 1.165) is 0 Å². The van der Waals surface area contributed by atoms with Gasteiger partial charge in [-0.1, -0.05) is 11.8 Å². The van der Waals surface area contributed by atoms with Crippen LogP contribution in [0.1, 0.15) is 11.3 Å². The van der Waals surface area contributed by atoms with Crippen LogP contribution in [0.15, 0.2) is 29.6 Å². The van der Waals surface area contributed by atoms with Crippen LogP contribution in [0.4, 0.5) is 19.1 Å². The fourth-order valence-corrected chi connectivity index (χ4v) is 3.09. The topological polar surface area (TPSA) is 83.7 Å². The Kier molecular flexibility index (Phi) is 3.57. The number of anilines is 1. The van der Waals surface area contributed by atoms with E-state index in [1.54, 1.807) is 13.0 Å². The lowest BCUT2D eigenvalue weighted by Gasteiger charge is -2.23. The Morgan fingerprint density at radius 1 is 1.41 bits per heavy atom. The number of nitrogens with zero attached hydrogens (tertiary/aromatic N) is 4. The summed E-state index contributed by atoms with van der Waals surface area (Å²) in [6.07, 6.45) is -0.355. The van der Waals surface area contributed by atoms with Crippen molar-refractivity contribution in [2.75, 3.05) is 4.90 Å². The van der Waals surface area contributed by atoms with Gasteiger partial charge in [0, 0.05) is 23.7 Å². The lowest BCUT2D eigenvalue weighted by molar-refractivity contribution is -0.0829. The zero-order valence-electron chi connectivity index (χ0n) is 11.3. The van der Waals surface area contributed by atoms with Crippen LogP contribution in [0, 0.1) is 6.92 Å². The predicted octanol–water partition coefficient (Wildman–Crippen LogP) is 2.23. The van der Waals surface area contributed by atoms with E-state index in [2.05, 4.69) is 20.2 Å². The molecule has 3 heterocycles. The minimum Gasteiger partial charge on any atom is -0.302 e. The second kappa shape index (κ2) is 5.29. The van der Waals surface area contributed by atoms with Gasteiger partial charge in [-0.25, -0.2) is 9.97 Å². The molecule has 0 bridgehead atoms. The zero-order valence-corrected chi connectivity index (χ0v) is 12.1. The van der Waals surface area contributed by atoms with E-state index in [1.807, 2.05) is 0 Å². The molecule has 116 valence electrons. The Labute approximate surface area is 127 Å². The van der Waals surface area contributed by atoms with Crippen LogP contribution < -0.4 is 10.6 Å². The number of allylic oxidation sites excluding steroid dienone is 1. The normalized spacial score (nSPS) is 19.1. The number of alkyl halides is 3. The van der Waals surface area contributed by atoms with Crippen molar-refractivity contribution in [2.45, 2.75) is 18.6 Å². The summed E-state index contributed by atoms with van der Waals surface area (Å²) >= 11 is 0.524. The molecule has 0 spiro atoms. The number of thioether (sulfide) groups is 1. The van der Waals surface area contributed by atoms with Gasteiger partial charge in [0.15, 0.2) is 0 Å². The first-order valence-electron chi connectivity index (χ1n) is 6.19. The molecule has 10 heteroatoms. The number of nitrogens with one attached hydrogen (secondary N) is 1. The summed E-state index contributed by atoms with van der Waals surface area (Å²) in [6, 6.07) is 1.66. The van der Waals surface area contributed by atoms with Crippen molar-refractivity contribution < 1.29 is 13.2 Å². The van der Waals surface area contributed by atoms with Crippen molar-refractivity contribution >= 4 is 23.4 Å². The van der Waals surface area contributed by atoms with Gasteiger partial charge in [0.1, 0.15) is 10.4 Å². The highest BCUT2D eigenvalue weighted by molar-refractivity contribution is 8.04. The van der Waals surface area contributed by atoms with Crippen molar-refractivity contribution in [1.82, 2.24) is 20.2 Å². The first-order chi connectivity index (χ1) is 10.4. The molecule has 2 aromatic heterocycles. The number of hydrogen-bond donors (Lipinski definition) is 2. The van der Waals surface area contributed by atoms with Crippen LogP contribution in [0.5, 0.6) is 0 Å². The molecule has 0 saturated carbocycles. The highest BCUT2D eigenvalue weighted by Crippen LogP contribution is 2.49.